The number of anilines is 2. The van der Waals surface area contributed by atoms with Gasteiger partial charge in [-0.25, -0.2) is 0 Å². The van der Waals surface area contributed by atoms with Crippen LogP contribution in [0, 0.1) is 5.92 Å². The summed E-state index contributed by atoms with van der Waals surface area (Å²) in [5.74, 6) is 0.431. The molecule has 0 fully saturated rings. The van der Waals surface area contributed by atoms with Gasteiger partial charge in [0.2, 0.25) is 0 Å². The molecule has 31 heavy (non-hydrogen) atoms. The SMILES string of the molecule is CCCCCNc1ccc(NCC(CC)CCCC)c2c1C(=O)c1ccccc1C2=O. The number of nitrogens with one attached hydrogen (secondary N) is 2. The Balaban J connectivity index is 1.94. The second kappa shape index (κ2) is 11.1. The van der Waals surface area contributed by atoms with E-state index in [1.54, 1.807) is 12.1 Å². The van der Waals surface area contributed by atoms with Crippen LogP contribution >= 0.6 is 0 Å². The molecule has 166 valence electrons. The van der Waals surface area contributed by atoms with Crippen LogP contribution in [0.5, 0.6) is 0 Å². The zero-order valence-corrected chi connectivity index (χ0v) is 19.2. The van der Waals surface area contributed by atoms with Gasteiger partial charge in [0.25, 0.3) is 0 Å². The molecule has 0 amide bonds. The minimum Gasteiger partial charge on any atom is -0.384 e. The van der Waals surface area contributed by atoms with Gasteiger partial charge in [-0.1, -0.05) is 77.1 Å². The number of unbranched alkanes of at least 4 members (excludes halogenated alkanes) is 3. The molecule has 2 aromatic carbocycles. The van der Waals surface area contributed by atoms with Gasteiger partial charge >= 0.3 is 0 Å². The summed E-state index contributed by atoms with van der Waals surface area (Å²) in [7, 11) is 0. The second-order valence-corrected chi connectivity index (χ2v) is 8.55. The van der Waals surface area contributed by atoms with E-state index in [-0.39, 0.29) is 11.6 Å². The van der Waals surface area contributed by atoms with Crippen LogP contribution in [-0.4, -0.2) is 24.7 Å². The molecule has 4 nitrogen and oxygen atoms in total. The Labute approximate surface area is 186 Å². The maximum absolute atomic E-state index is 13.5. The Morgan fingerprint density at radius 1 is 0.742 bits per heavy atom. The van der Waals surface area contributed by atoms with E-state index in [1.807, 2.05) is 24.3 Å². The van der Waals surface area contributed by atoms with Gasteiger partial charge in [-0.3, -0.25) is 9.59 Å². The molecule has 1 atom stereocenters. The lowest BCUT2D eigenvalue weighted by Gasteiger charge is -2.25. The predicted octanol–water partition coefficient (Wildman–Crippen LogP) is 6.69. The average molecular weight is 421 g/mol. The van der Waals surface area contributed by atoms with Crippen molar-refractivity contribution in [1.82, 2.24) is 0 Å². The van der Waals surface area contributed by atoms with Crippen LogP contribution in [0.3, 0.4) is 0 Å². The summed E-state index contributed by atoms with van der Waals surface area (Å²) < 4.78 is 0. The lowest BCUT2D eigenvalue weighted by Crippen LogP contribution is -2.25. The summed E-state index contributed by atoms with van der Waals surface area (Å²) in [5, 5.41) is 6.94. The van der Waals surface area contributed by atoms with Gasteiger partial charge in [0.05, 0.1) is 11.1 Å². The number of carbonyl (C=O) groups excluding carboxylic acids is 2. The predicted molar refractivity (Wildman–Crippen MR) is 130 cm³/mol. The summed E-state index contributed by atoms with van der Waals surface area (Å²) in [6.07, 6.45) is 8.00. The Bertz CT molecular complexity index is 919. The van der Waals surface area contributed by atoms with Crippen molar-refractivity contribution in [2.75, 3.05) is 23.7 Å². The minimum atomic E-state index is -0.0649. The lowest BCUT2D eigenvalue weighted by atomic mass is 9.82. The fourth-order valence-corrected chi connectivity index (χ4v) is 4.31. The molecular formula is C27H36N2O2. The molecule has 1 aliphatic carbocycles. The van der Waals surface area contributed by atoms with Crippen LogP contribution < -0.4 is 10.6 Å². The number of benzene rings is 2. The third-order valence-electron chi connectivity index (χ3n) is 6.30. The zero-order chi connectivity index (χ0) is 22.2. The van der Waals surface area contributed by atoms with Crippen LogP contribution in [-0.2, 0) is 0 Å². The molecule has 0 bridgehead atoms. The van der Waals surface area contributed by atoms with E-state index < -0.39 is 0 Å². The first-order valence-electron chi connectivity index (χ1n) is 11.9. The zero-order valence-electron chi connectivity index (χ0n) is 19.2. The highest BCUT2D eigenvalue weighted by atomic mass is 16.1. The standard InChI is InChI=1S/C27H36N2O2/c1-4-7-11-17-28-22-15-16-23(29-18-19(6-3)12-8-5-2)25-24(22)26(30)20-13-9-10-14-21(20)27(25)31/h9-10,13-16,19,28-29H,4-8,11-12,17-18H2,1-3H3. The first kappa shape index (κ1) is 23.1. The molecule has 2 aromatic rings. The Kier molecular flexibility index (Phi) is 8.27. The van der Waals surface area contributed by atoms with Gasteiger partial charge in [0, 0.05) is 35.6 Å². The summed E-state index contributed by atoms with van der Waals surface area (Å²) in [6, 6.07) is 11.1. The molecule has 1 unspecified atom stereocenters. The molecule has 0 aromatic heterocycles. The van der Waals surface area contributed by atoms with Crippen molar-refractivity contribution in [2.45, 2.75) is 65.7 Å². The fourth-order valence-electron chi connectivity index (χ4n) is 4.31. The molecule has 1 aliphatic rings. The van der Waals surface area contributed by atoms with Crippen LogP contribution in [0.4, 0.5) is 11.4 Å². The Morgan fingerprint density at radius 2 is 1.32 bits per heavy atom. The molecule has 0 spiro atoms. The molecule has 4 heteroatoms. The fraction of sp³-hybridized carbons (Fsp3) is 0.481. The van der Waals surface area contributed by atoms with Gasteiger partial charge in [-0.2, -0.15) is 0 Å². The van der Waals surface area contributed by atoms with Gasteiger partial charge in [-0.05, 0) is 30.9 Å². The highest BCUT2D eigenvalue weighted by Crippen LogP contribution is 2.36. The maximum atomic E-state index is 13.5. The highest BCUT2D eigenvalue weighted by molar-refractivity contribution is 6.31. The van der Waals surface area contributed by atoms with E-state index in [0.29, 0.717) is 28.2 Å². The Morgan fingerprint density at radius 3 is 1.87 bits per heavy atom. The largest absolute Gasteiger partial charge is 0.384 e. The average Bonchev–Trinajstić information content (AvgIpc) is 2.80. The van der Waals surface area contributed by atoms with Crippen molar-refractivity contribution in [3.8, 4) is 0 Å². The third kappa shape index (κ3) is 5.17. The minimum absolute atomic E-state index is 0.0634. The van der Waals surface area contributed by atoms with Crippen LogP contribution in [0.1, 0.15) is 97.6 Å². The molecule has 0 radical (unpaired) electrons. The van der Waals surface area contributed by atoms with Crippen molar-refractivity contribution in [3.05, 3.63) is 58.7 Å². The summed E-state index contributed by atoms with van der Waals surface area (Å²) >= 11 is 0. The monoisotopic (exact) mass is 420 g/mol. The molecule has 0 saturated carbocycles. The summed E-state index contributed by atoms with van der Waals surface area (Å²) in [4.78, 5) is 26.9. The number of carbonyl (C=O) groups is 2. The van der Waals surface area contributed by atoms with Gasteiger partial charge in [0.15, 0.2) is 11.6 Å². The van der Waals surface area contributed by atoms with E-state index in [0.717, 1.165) is 50.1 Å². The number of fused-ring (bicyclic) bond motifs is 2. The van der Waals surface area contributed by atoms with Crippen LogP contribution in [0.25, 0.3) is 0 Å². The molecule has 0 heterocycles. The number of hydrogen-bond acceptors (Lipinski definition) is 4. The van der Waals surface area contributed by atoms with Crippen LogP contribution in [0.15, 0.2) is 36.4 Å². The molecule has 0 saturated heterocycles. The van der Waals surface area contributed by atoms with E-state index in [1.165, 1.54) is 19.3 Å². The maximum Gasteiger partial charge on any atom is 0.196 e. The Hall–Kier alpha value is -2.62. The normalized spacial score (nSPS) is 13.5. The number of hydrogen-bond donors (Lipinski definition) is 2. The van der Waals surface area contributed by atoms with Crippen LogP contribution in [0.2, 0.25) is 0 Å². The molecule has 0 aliphatic heterocycles. The van der Waals surface area contributed by atoms with E-state index in [2.05, 4.69) is 31.4 Å². The molecule has 2 N–H and O–H groups in total. The van der Waals surface area contributed by atoms with Gasteiger partial charge < -0.3 is 10.6 Å². The van der Waals surface area contributed by atoms with E-state index in [4.69, 9.17) is 0 Å². The highest BCUT2D eigenvalue weighted by Gasteiger charge is 2.33. The van der Waals surface area contributed by atoms with Gasteiger partial charge in [0.1, 0.15) is 0 Å². The van der Waals surface area contributed by atoms with Crippen molar-refractivity contribution < 1.29 is 9.59 Å². The molecule has 3 rings (SSSR count). The van der Waals surface area contributed by atoms with Crippen molar-refractivity contribution in [3.63, 3.8) is 0 Å². The van der Waals surface area contributed by atoms with Crippen molar-refractivity contribution in [2.24, 2.45) is 5.92 Å². The van der Waals surface area contributed by atoms with E-state index in [9.17, 15) is 9.59 Å². The second-order valence-electron chi connectivity index (χ2n) is 8.55. The summed E-state index contributed by atoms with van der Waals surface area (Å²) in [5.41, 5.74) is 3.59. The van der Waals surface area contributed by atoms with E-state index >= 15 is 0 Å². The first-order valence-corrected chi connectivity index (χ1v) is 11.9. The topological polar surface area (TPSA) is 58.2 Å². The summed E-state index contributed by atoms with van der Waals surface area (Å²) in [6.45, 7) is 8.21. The van der Waals surface area contributed by atoms with Crippen molar-refractivity contribution >= 4 is 22.9 Å². The number of rotatable bonds is 12. The lowest BCUT2D eigenvalue weighted by molar-refractivity contribution is 0.0980. The van der Waals surface area contributed by atoms with Gasteiger partial charge in [-0.15, -0.1) is 0 Å². The first-order chi connectivity index (χ1) is 15.1. The third-order valence-corrected chi connectivity index (χ3v) is 6.30. The molecular weight excluding hydrogens is 384 g/mol. The smallest absolute Gasteiger partial charge is 0.196 e. The number of ketones is 2. The quantitative estimate of drug-likeness (QED) is 0.320. The van der Waals surface area contributed by atoms with Crippen molar-refractivity contribution in [1.29, 1.82) is 0 Å².